The van der Waals surface area contributed by atoms with Gasteiger partial charge in [-0.1, -0.05) is 18.2 Å². The highest BCUT2D eigenvalue weighted by Crippen LogP contribution is 2.49. The molecule has 1 saturated carbocycles. The minimum Gasteiger partial charge on any atom is -0.489 e. The summed E-state index contributed by atoms with van der Waals surface area (Å²) in [6.45, 7) is 0. The topological polar surface area (TPSA) is 113 Å². The number of ether oxygens (including phenoxy) is 1. The highest BCUT2D eigenvalue weighted by Gasteiger charge is 2.51. The number of aliphatic carboxylic acids is 1. The van der Waals surface area contributed by atoms with E-state index in [-0.39, 0.29) is 23.3 Å². The first-order valence-corrected chi connectivity index (χ1v) is 11.5. The van der Waals surface area contributed by atoms with Gasteiger partial charge in [-0.05, 0) is 52.9 Å². The van der Waals surface area contributed by atoms with E-state index >= 15 is 0 Å². The molecule has 0 bridgehead atoms. The largest absolute Gasteiger partial charge is 0.489 e. The van der Waals surface area contributed by atoms with Crippen molar-refractivity contribution in [3.05, 3.63) is 63.2 Å². The summed E-state index contributed by atoms with van der Waals surface area (Å²) < 4.78 is 35.3. The Kier molecular flexibility index (Phi) is 5.40. The zero-order valence-corrected chi connectivity index (χ0v) is 18.0. The SMILES string of the molecule is O=C(O)C=Cc1cccc2c1OC1CC(O)C(NS(=O)(=O)c3ccc(I)cc3)C21. The number of sulfonamides is 1. The molecule has 7 nitrogen and oxygen atoms in total. The third-order valence-corrected chi connectivity index (χ3v) is 7.40. The van der Waals surface area contributed by atoms with Gasteiger partial charge in [-0.3, -0.25) is 0 Å². The van der Waals surface area contributed by atoms with Crippen LogP contribution in [0.4, 0.5) is 0 Å². The summed E-state index contributed by atoms with van der Waals surface area (Å²) in [7, 11) is -3.83. The Morgan fingerprint density at radius 2 is 1.93 bits per heavy atom. The van der Waals surface area contributed by atoms with Crippen LogP contribution in [-0.2, 0) is 14.8 Å². The van der Waals surface area contributed by atoms with E-state index in [0.717, 1.165) is 15.2 Å². The second kappa shape index (κ2) is 7.71. The highest BCUT2D eigenvalue weighted by atomic mass is 127. The van der Waals surface area contributed by atoms with Crippen LogP contribution >= 0.6 is 22.6 Å². The van der Waals surface area contributed by atoms with Crippen LogP contribution in [0.15, 0.2) is 53.4 Å². The quantitative estimate of drug-likeness (QED) is 0.407. The monoisotopic (exact) mass is 527 g/mol. The third-order valence-electron chi connectivity index (χ3n) is 5.20. The van der Waals surface area contributed by atoms with Crippen molar-refractivity contribution in [3.8, 4) is 5.75 Å². The number of carboxylic acids is 1. The Balaban J connectivity index is 1.66. The Hall–Kier alpha value is -1.95. The number of hydrogen-bond donors (Lipinski definition) is 3. The third kappa shape index (κ3) is 3.91. The fourth-order valence-electron chi connectivity index (χ4n) is 3.95. The zero-order chi connectivity index (χ0) is 20.8. The van der Waals surface area contributed by atoms with Crippen LogP contribution in [0.1, 0.15) is 23.5 Å². The molecule has 3 N–H and O–H groups in total. The Bertz CT molecular complexity index is 1080. The molecule has 4 unspecified atom stereocenters. The van der Waals surface area contributed by atoms with E-state index in [1.54, 1.807) is 24.3 Å². The summed E-state index contributed by atoms with van der Waals surface area (Å²) in [5.74, 6) is -0.901. The maximum atomic E-state index is 12.8. The lowest BCUT2D eigenvalue weighted by Gasteiger charge is -2.22. The van der Waals surface area contributed by atoms with Gasteiger partial charge in [-0.2, -0.15) is 0 Å². The molecule has 0 saturated heterocycles. The Labute approximate surface area is 181 Å². The van der Waals surface area contributed by atoms with Gasteiger partial charge in [0.15, 0.2) is 0 Å². The van der Waals surface area contributed by atoms with Gasteiger partial charge < -0.3 is 14.9 Å². The van der Waals surface area contributed by atoms with Crippen LogP contribution in [0.5, 0.6) is 5.75 Å². The molecule has 1 aliphatic carbocycles. The van der Waals surface area contributed by atoms with Gasteiger partial charge in [0.25, 0.3) is 0 Å². The molecule has 1 heterocycles. The molecule has 9 heteroatoms. The molecule has 0 spiro atoms. The number of nitrogens with one attached hydrogen (secondary N) is 1. The van der Waals surface area contributed by atoms with Crippen LogP contribution in [0, 0.1) is 3.57 Å². The second-order valence-corrected chi connectivity index (χ2v) is 9.98. The van der Waals surface area contributed by atoms with Gasteiger partial charge in [-0.25, -0.2) is 17.9 Å². The zero-order valence-electron chi connectivity index (χ0n) is 15.0. The molecule has 0 radical (unpaired) electrons. The van der Waals surface area contributed by atoms with Gasteiger partial charge >= 0.3 is 5.97 Å². The fourth-order valence-corrected chi connectivity index (χ4v) is 5.60. The number of halogens is 1. The lowest BCUT2D eigenvalue weighted by molar-refractivity contribution is -0.131. The molecular formula is C20H18INO6S. The van der Waals surface area contributed by atoms with Gasteiger partial charge in [0.1, 0.15) is 11.9 Å². The predicted octanol–water partition coefficient (Wildman–Crippen LogP) is 2.35. The molecule has 2 aromatic rings. The Morgan fingerprint density at radius 3 is 2.62 bits per heavy atom. The molecule has 1 aliphatic heterocycles. The van der Waals surface area contributed by atoms with E-state index in [0.29, 0.717) is 11.3 Å². The average molecular weight is 527 g/mol. The van der Waals surface area contributed by atoms with Crippen LogP contribution < -0.4 is 9.46 Å². The maximum absolute atomic E-state index is 12.8. The first-order valence-electron chi connectivity index (χ1n) is 8.93. The molecule has 1 fully saturated rings. The lowest BCUT2D eigenvalue weighted by Crippen LogP contribution is -2.43. The summed E-state index contributed by atoms with van der Waals surface area (Å²) in [6.07, 6.45) is 1.47. The Morgan fingerprint density at radius 1 is 1.21 bits per heavy atom. The summed E-state index contributed by atoms with van der Waals surface area (Å²) >= 11 is 2.10. The summed E-state index contributed by atoms with van der Waals surface area (Å²) in [4.78, 5) is 11.0. The van der Waals surface area contributed by atoms with Crippen molar-refractivity contribution >= 4 is 44.7 Å². The molecule has 4 atom stereocenters. The number of benzene rings is 2. The molecule has 0 aromatic heterocycles. The molecule has 2 aliphatic rings. The van der Waals surface area contributed by atoms with Crippen LogP contribution in [0.3, 0.4) is 0 Å². The van der Waals surface area contributed by atoms with Crippen LogP contribution in [-0.4, -0.2) is 42.8 Å². The summed E-state index contributed by atoms with van der Waals surface area (Å²) in [6, 6.07) is 11.0. The number of carboxylic acid groups (broad SMARTS) is 1. The van der Waals surface area contributed by atoms with E-state index in [1.807, 2.05) is 6.07 Å². The first-order chi connectivity index (χ1) is 13.8. The first kappa shape index (κ1) is 20.3. The number of hydrogen-bond acceptors (Lipinski definition) is 5. The minimum atomic E-state index is -3.83. The standard InChI is InChI=1S/C20H18INO6S/c21-12-5-7-13(8-6-12)29(26,27)22-19-15(23)10-16-18(19)14-3-1-2-11(20(14)28-16)4-9-17(24)25/h1-9,15-16,18-19,22-23H,10H2,(H,24,25). The number of aliphatic hydroxyl groups excluding tert-OH is 1. The summed E-state index contributed by atoms with van der Waals surface area (Å²) in [5.41, 5.74) is 1.36. The van der Waals surface area contributed by atoms with E-state index < -0.39 is 28.1 Å². The molecule has 2 aromatic carbocycles. The average Bonchev–Trinajstić information content (AvgIpc) is 3.16. The summed E-state index contributed by atoms with van der Waals surface area (Å²) in [5, 5.41) is 19.4. The molecule has 4 rings (SSSR count). The van der Waals surface area contributed by atoms with Crippen LogP contribution in [0.25, 0.3) is 6.08 Å². The molecule has 152 valence electrons. The minimum absolute atomic E-state index is 0.130. The molecule has 29 heavy (non-hydrogen) atoms. The smallest absolute Gasteiger partial charge is 0.328 e. The van der Waals surface area contributed by atoms with Crippen molar-refractivity contribution in [2.75, 3.05) is 0 Å². The normalized spacial score (nSPS) is 25.6. The van der Waals surface area contributed by atoms with E-state index in [1.165, 1.54) is 18.2 Å². The van der Waals surface area contributed by atoms with Crippen molar-refractivity contribution in [1.29, 1.82) is 0 Å². The number of carbonyl (C=O) groups is 1. The van der Waals surface area contributed by atoms with Gasteiger partial charge in [0.05, 0.1) is 17.0 Å². The van der Waals surface area contributed by atoms with Crippen molar-refractivity contribution in [3.63, 3.8) is 0 Å². The maximum Gasteiger partial charge on any atom is 0.328 e. The van der Waals surface area contributed by atoms with E-state index in [9.17, 15) is 18.3 Å². The highest BCUT2D eigenvalue weighted by molar-refractivity contribution is 14.1. The number of aliphatic hydroxyl groups is 1. The molecular weight excluding hydrogens is 509 g/mol. The van der Waals surface area contributed by atoms with E-state index in [2.05, 4.69) is 27.3 Å². The van der Waals surface area contributed by atoms with Gasteiger partial charge in [0.2, 0.25) is 10.0 Å². The van der Waals surface area contributed by atoms with Gasteiger partial charge in [0, 0.05) is 33.1 Å². The predicted molar refractivity (Wildman–Crippen MR) is 114 cm³/mol. The number of para-hydroxylation sites is 1. The number of rotatable bonds is 5. The second-order valence-electron chi connectivity index (χ2n) is 7.02. The van der Waals surface area contributed by atoms with Crippen molar-refractivity contribution in [1.82, 2.24) is 4.72 Å². The fraction of sp³-hybridized carbons (Fsp3) is 0.250. The van der Waals surface area contributed by atoms with Crippen LogP contribution in [0.2, 0.25) is 0 Å². The van der Waals surface area contributed by atoms with Crippen molar-refractivity contribution in [2.45, 2.75) is 35.5 Å². The van der Waals surface area contributed by atoms with Gasteiger partial charge in [-0.15, -0.1) is 0 Å². The van der Waals surface area contributed by atoms with Crippen molar-refractivity contribution < 1.29 is 28.2 Å². The lowest BCUT2D eigenvalue weighted by atomic mass is 9.93. The van der Waals surface area contributed by atoms with E-state index in [4.69, 9.17) is 9.84 Å². The van der Waals surface area contributed by atoms with Crippen molar-refractivity contribution in [2.24, 2.45) is 0 Å². The number of fused-ring (bicyclic) bond motifs is 3. The molecule has 0 amide bonds.